The van der Waals surface area contributed by atoms with Crippen molar-refractivity contribution >= 4 is 17.3 Å². The summed E-state index contributed by atoms with van der Waals surface area (Å²) < 4.78 is 5.95. The number of ketones is 2. The highest BCUT2D eigenvalue weighted by atomic mass is 16.5. The van der Waals surface area contributed by atoms with Crippen molar-refractivity contribution in [1.29, 1.82) is 0 Å². The van der Waals surface area contributed by atoms with Crippen LogP contribution in [0.15, 0.2) is 95.7 Å². The first-order chi connectivity index (χ1) is 16.1. The molecule has 0 aromatic heterocycles. The summed E-state index contributed by atoms with van der Waals surface area (Å²) in [6.45, 7) is 1.98. The maximum atomic E-state index is 13.5. The molecule has 0 saturated carbocycles. The van der Waals surface area contributed by atoms with Crippen molar-refractivity contribution in [2.75, 3.05) is 0 Å². The monoisotopic (exact) mass is 433 g/mol. The number of hydrogen-bond acceptors (Lipinski definition) is 4. The molecular weight excluding hydrogens is 410 g/mol. The van der Waals surface area contributed by atoms with Gasteiger partial charge in [0.15, 0.2) is 11.6 Å². The number of rotatable bonds is 3. The highest BCUT2D eigenvalue weighted by molar-refractivity contribution is 6.23. The average Bonchev–Trinajstić information content (AvgIpc) is 3.13. The van der Waals surface area contributed by atoms with Crippen molar-refractivity contribution < 1.29 is 14.3 Å². The van der Waals surface area contributed by atoms with E-state index in [1.54, 1.807) is 0 Å². The predicted octanol–water partition coefficient (Wildman–Crippen LogP) is 6.03. The van der Waals surface area contributed by atoms with E-state index in [9.17, 15) is 9.59 Å². The molecule has 0 radical (unpaired) electrons. The van der Waals surface area contributed by atoms with Crippen LogP contribution >= 0.6 is 0 Å². The fourth-order valence-corrected chi connectivity index (χ4v) is 5.18. The Morgan fingerprint density at radius 2 is 1.45 bits per heavy atom. The molecule has 1 aliphatic heterocycles. The van der Waals surface area contributed by atoms with E-state index in [0.717, 1.165) is 46.7 Å². The molecule has 0 fully saturated rings. The minimum atomic E-state index is -0.378. The van der Waals surface area contributed by atoms with Crippen molar-refractivity contribution in [3.63, 3.8) is 0 Å². The first-order valence-corrected chi connectivity index (χ1v) is 11.4. The van der Waals surface area contributed by atoms with Crippen LogP contribution in [0.1, 0.15) is 47.2 Å². The van der Waals surface area contributed by atoms with Gasteiger partial charge in [0.05, 0.1) is 5.70 Å². The molecule has 33 heavy (non-hydrogen) atoms. The van der Waals surface area contributed by atoms with Gasteiger partial charge in [-0.25, -0.2) is 0 Å². The van der Waals surface area contributed by atoms with Crippen LogP contribution in [0.4, 0.5) is 0 Å². The van der Waals surface area contributed by atoms with Gasteiger partial charge in [0.2, 0.25) is 0 Å². The van der Waals surface area contributed by atoms with Crippen LogP contribution in [0.25, 0.3) is 5.70 Å². The molecule has 3 aliphatic rings. The van der Waals surface area contributed by atoms with Gasteiger partial charge in [-0.3, -0.25) is 9.59 Å². The Bertz CT molecular complexity index is 1350. The van der Waals surface area contributed by atoms with E-state index < -0.39 is 0 Å². The van der Waals surface area contributed by atoms with Crippen LogP contribution in [-0.4, -0.2) is 11.6 Å². The molecule has 0 saturated heterocycles. The van der Waals surface area contributed by atoms with E-state index in [-0.39, 0.29) is 23.4 Å². The SMILES string of the molecule is CC1CCC2=C(C1=O)C(c1ccc(Oc3ccccc3)cc1)C1=C(N2)c2ccccc2C1=O. The highest BCUT2D eigenvalue weighted by Crippen LogP contribution is 2.49. The van der Waals surface area contributed by atoms with Gasteiger partial charge >= 0.3 is 0 Å². The summed E-state index contributed by atoms with van der Waals surface area (Å²) in [7, 11) is 0. The van der Waals surface area contributed by atoms with E-state index in [1.165, 1.54) is 0 Å². The largest absolute Gasteiger partial charge is 0.457 e. The van der Waals surface area contributed by atoms with Gasteiger partial charge < -0.3 is 10.1 Å². The summed E-state index contributed by atoms with van der Waals surface area (Å²) in [5.41, 5.74) is 5.77. The minimum Gasteiger partial charge on any atom is -0.457 e. The van der Waals surface area contributed by atoms with Crippen LogP contribution in [0.2, 0.25) is 0 Å². The number of fused-ring (bicyclic) bond motifs is 2. The lowest BCUT2D eigenvalue weighted by Crippen LogP contribution is -2.34. The van der Waals surface area contributed by atoms with E-state index in [1.807, 2.05) is 85.8 Å². The second-order valence-electron chi connectivity index (χ2n) is 8.90. The highest BCUT2D eigenvalue weighted by Gasteiger charge is 2.44. The maximum Gasteiger partial charge on any atom is 0.192 e. The predicted molar refractivity (Wildman–Crippen MR) is 127 cm³/mol. The third-order valence-corrected chi connectivity index (χ3v) is 6.87. The molecule has 1 heterocycles. The molecule has 0 spiro atoms. The number of carbonyl (C=O) groups is 2. The number of allylic oxidation sites excluding steroid dienone is 3. The fraction of sp³-hybridized carbons (Fsp3) is 0.172. The maximum absolute atomic E-state index is 13.5. The molecule has 2 atom stereocenters. The molecule has 4 heteroatoms. The summed E-state index contributed by atoms with van der Waals surface area (Å²) in [6, 6.07) is 25.1. The van der Waals surface area contributed by atoms with Gasteiger partial charge in [-0.2, -0.15) is 0 Å². The van der Waals surface area contributed by atoms with E-state index >= 15 is 0 Å². The number of dihydropyridines is 1. The number of carbonyl (C=O) groups excluding carboxylic acids is 2. The zero-order chi connectivity index (χ0) is 22.5. The molecule has 4 nitrogen and oxygen atoms in total. The molecule has 3 aromatic rings. The van der Waals surface area contributed by atoms with E-state index in [4.69, 9.17) is 4.74 Å². The van der Waals surface area contributed by atoms with Crippen LogP contribution in [0.3, 0.4) is 0 Å². The summed E-state index contributed by atoms with van der Waals surface area (Å²) in [5.74, 6) is 1.19. The van der Waals surface area contributed by atoms with Gasteiger partial charge in [0, 0.05) is 39.8 Å². The number of hydrogen-bond donors (Lipinski definition) is 1. The lowest BCUT2D eigenvalue weighted by Gasteiger charge is -2.35. The second-order valence-corrected chi connectivity index (χ2v) is 8.90. The fourth-order valence-electron chi connectivity index (χ4n) is 5.18. The Kier molecular flexibility index (Phi) is 4.54. The Labute approximate surface area is 192 Å². The third-order valence-electron chi connectivity index (χ3n) is 6.87. The van der Waals surface area contributed by atoms with Gasteiger partial charge in [-0.05, 0) is 42.7 Å². The van der Waals surface area contributed by atoms with Crippen molar-refractivity contribution in [1.82, 2.24) is 5.32 Å². The molecular formula is C29H23NO3. The number of benzene rings is 3. The van der Waals surface area contributed by atoms with Crippen molar-refractivity contribution in [2.24, 2.45) is 5.92 Å². The van der Waals surface area contributed by atoms with Crippen LogP contribution in [-0.2, 0) is 4.79 Å². The number of para-hydroxylation sites is 1. The summed E-state index contributed by atoms with van der Waals surface area (Å²) in [4.78, 5) is 26.9. The second kappa shape index (κ2) is 7.59. The molecule has 6 rings (SSSR count). The molecule has 0 amide bonds. The summed E-state index contributed by atoms with van der Waals surface area (Å²) in [5, 5.41) is 3.49. The smallest absolute Gasteiger partial charge is 0.192 e. The van der Waals surface area contributed by atoms with Crippen molar-refractivity contribution in [3.05, 3.63) is 112 Å². The molecule has 2 aliphatic carbocycles. The molecule has 2 unspecified atom stereocenters. The average molecular weight is 434 g/mol. The van der Waals surface area contributed by atoms with Gasteiger partial charge in [-0.15, -0.1) is 0 Å². The third kappa shape index (κ3) is 3.13. The first-order valence-electron chi connectivity index (χ1n) is 11.4. The van der Waals surface area contributed by atoms with Crippen LogP contribution in [0, 0.1) is 5.92 Å². The van der Waals surface area contributed by atoms with E-state index in [0.29, 0.717) is 16.9 Å². The normalized spacial score (nSPS) is 21.4. The first kappa shape index (κ1) is 19.7. The van der Waals surface area contributed by atoms with Gasteiger partial charge in [-0.1, -0.05) is 61.5 Å². The number of nitrogens with one attached hydrogen (secondary N) is 1. The van der Waals surface area contributed by atoms with E-state index in [2.05, 4.69) is 5.32 Å². The topological polar surface area (TPSA) is 55.4 Å². The summed E-state index contributed by atoms with van der Waals surface area (Å²) >= 11 is 0. The van der Waals surface area contributed by atoms with Crippen LogP contribution < -0.4 is 10.1 Å². The Hall–Kier alpha value is -3.92. The molecule has 0 bridgehead atoms. The van der Waals surface area contributed by atoms with Gasteiger partial charge in [0.25, 0.3) is 0 Å². The van der Waals surface area contributed by atoms with Crippen molar-refractivity contribution in [3.8, 4) is 11.5 Å². The summed E-state index contributed by atoms with van der Waals surface area (Å²) in [6.07, 6.45) is 1.63. The zero-order valence-corrected chi connectivity index (χ0v) is 18.3. The van der Waals surface area contributed by atoms with Gasteiger partial charge in [0.1, 0.15) is 11.5 Å². The standard InChI is InChI=1S/C29H23NO3/c1-17-11-16-23-25(28(17)31)24(26-27(30-23)21-9-5-6-10-22(21)29(26)32)18-12-14-20(15-13-18)33-19-7-3-2-4-8-19/h2-10,12-15,17,24,30H,11,16H2,1H3. The molecule has 1 N–H and O–H groups in total. The Balaban J connectivity index is 1.45. The minimum absolute atomic E-state index is 0.000267. The Morgan fingerprint density at radius 3 is 2.21 bits per heavy atom. The number of Topliss-reactive ketones (excluding diaryl/α,β-unsaturated/α-hetero) is 2. The number of ether oxygens (including phenoxy) is 1. The quantitative estimate of drug-likeness (QED) is 0.548. The zero-order valence-electron chi connectivity index (χ0n) is 18.3. The lowest BCUT2D eigenvalue weighted by atomic mass is 9.72. The van der Waals surface area contributed by atoms with Crippen molar-refractivity contribution in [2.45, 2.75) is 25.7 Å². The molecule has 3 aromatic carbocycles. The molecule has 162 valence electrons. The van der Waals surface area contributed by atoms with Crippen LogP contribution in [0.5, 0.6) is 11.5 Å². The Morgan fingerprint density at radius 1 is 0.788 bits per heavy atom. The lowest BCUT2D eigenvalue weighted by molar-refractivity contribution is -0.119.